The van der Waals surface area contributed by atoms with E-state index in [0.29, 0.717) is 17.8 Å². The average Bonchev–Trinajstić information content (AvgIpc) is 2.72. The lowest BCUT2D eigenvalue weighted by molar-refractivity contribution is -0.138. The van der Waals surface area contributed by atoms with Crippen molar-refractivity contribution in [3.05, 3.63) is 61.8 Å². The molecular formula is C23H36O8. The highest BCUT2D eigenvalue weighted by molar-refractivity contribution is 5.87. The molecule has 0 aromatic heterocycles. The second-order valence-corrected chi connectivity index (χ2v) is 5.75. The van der Waals surface area contributed by atoms with Gasteiger partial charge in [0.25, 0.3) is 0 Å². The van der Waals surface area contributed by atoms with Gasteiger partial charge in [0, 0.05) is 22.8 Å². The number of methoxy groups -OCH3 is 1. The molecule has 31 heavy (non-hydrogen) atoms. The molecule has 0 amide bonds. The van der Waals surface area contributed by atoms with Gasteiger partial charge in [-0.2, -0.15) is 0 Å². The van der Waals surface area contributed by atoms with Crippen LogP contribution >= 0.6 is 0 Å². The standard InChI is InChI=1S/C7H10O2.C7H12O2.C5H8O2.C4H6O2/c1-4-5-9-7(8)6(2)3;1-3-5-6-9-7(8)4-2;1-4(2)5(6)7-3;1-3(2)4(5)6/h4H,1-2,5H2,3H3;4H,2-3,5-6H2,1H3;1H2,2-3H3;1H2,2H3,(H,5,6). The van der Waals surface area contributed by atoms with Gasteiger partial charge in [-0.15, -0.1) is 0 Å². The fourth-order valence-electron chi connectivity index (χ4n) is 0.808. The summed E-state index contributed by atoms with van der Waals surface area (Å²) in [4.78, 5) is 40.7. The summed E-state index contributed by atoms with van der Waals surface area (Å²) in [5, 5.41) is 7.89. The number of aliphatic carboxylic acids is 1. The Bertz CT molecular complexity index is 617. The lowest BCUT2D eigenvalue weighted by atomic mass is 10.4. The van der Waals surface area contributed by atoms with Gasteiger partial charge in [-0.05, 0) is 27.2 Å². The van der Waals surface area contributed by atoms with Crippen LogP contribution in [0.2, 0.25) is 0 Å². The number of carbonyl (C=O) groups is 4. The van der Waals surface area contributed by atoms with Gasteiger partial charge in [0.15, 0.2) is 0 Å². The first-order chi connectivity index (χ1) is 14.3. The van der Waals surface area contributed by atoms with Gasteiger partial charge < -0.3 is 19.3 Å². The van der Waals surface area contributed by atoms with Crippen LogP contribution in [0, 0.1) is 0 Å². The van der Waals surface area contributed by atoms with E-state index >= 15 is 0 Å². The highest BCUT2D eigenvalue weighted by Gasteiger charge is 1.99. The summed E-state index contributed by atoms with van der Waals surface area (Å²) >= 11 is 0. The molecule has 8 nitrogen and oxygen atoms in total. The normalized spacial score (nSPS) is 8.03. The van der Waals surface area contributed by atoms with Crippen LogP contribution in [-0.2, 0) is 33.4 Å². The molecule has 0 aliphatic rings. The number of unbranched alkanes of at least 4 members (excludes halogenated alkanes) is 1. The lowest BCUT2D eigenvalue weighted by Crippen LogP contribution is -2.03. The monoisotopic (exact) mass is 440 g/mol. The summed E-state index contributed by atoms with van der Waals surface area (Å²) in [6.45, 7) is 24.0. The van der Waals surface area contributed by atoms with E-state index in [1.807, 2.05) is 6.92 Å². The van der Waals surface area contributed by atoms with Gasteiger partial charge in [-0.25, -0.2) is 19.2 Å². The molecule has 0 rings (SSSR count). The number of carboxylic acid groups (broad SMARTS) is 1. The van der Waals surface area contributed by atoms with Crippen LogP contribution in [0.4, 0.5) is 0 Å². The summed E-state index contributed by atoms with van der Waals surface area (Å²) in [5.74, 6) is -1.98. The maximum Gasteiger partial charge on any atom is 0.333 e. The molecule has 0 heterocycles. The predicted octanol–water partition coefficient (Wildman–Crippen LogP) is 4.19. The Labute approximate surface area is 185 Å². The molecule has 0 aliphatic heterocycles. The molecule has 0 fully saturated rings. The molecule has 0 saturated heterocycles. The summed E-state index contributed by atoms with van der Waals surface area (Å²) in [6.07, 6.45) is 4.67. The number of rotatable bonds is 9. The van der Waals surface area contributed by atoms with E-state index in [1.54, 1.807) is 13.8 Å². The zero-order chi connectivity index (χ0) is 25.4. The van der Waals surface area contributed by atoms with Gasteiger partial charge in [-0.3, -0.25) is 0 Å². The Hall–Kier alpha value is -3.42. The first kappa shape index (κ1) is 35.0. The van der Waals surface area contributed by atoms with E-state index in [4.69, 9.17) is 5.11 Å². The fraction of sp³-hybridized carbons (Fsp3) is 0.391. The molecule has 0 saturated carbocycles. The molecule has 0 atom stereocenters. The van der Waals surface area contributed by atoms with Gasteiger partial charge in [0.1, 0.15) is 6.61 Å². The highest BCUT2D eigenvalue weighted by Crippen LogP contribution is 1.90. The second-order valence-electron chi connectivity index (χ2n) is 5.75. The van der Waals surface area contributed by atoms with E-state index in [9.17, 15) is 19.2 Å². The fourth-order valence-corrected chi connectivity index (χ4v) is 0.808. The molecule has 0 aromatic rings. The number of hydrogen-bond acceptors (Lipinski definition) is 7. The summed E-state index contributed by atoms with van der Waals surface area (Å²) in [6, 6.07) is 0. The van der Waals surface area contributed by atoms with Crippen molar-refractivity contribution in [3.8, 4) is 0 Å². The Balaban J connectivity index is -0.000000159. The molecule has 0 bridgehead atoms. The van der Waals surface area contributed by atoms with Gasteiger partial charge in [0.05, 0.1) is 13.7 Å². The first-order valence-electron chi connectivity index (χ1n) is 9.17. The Kier molecular flexibility index (Phi) is 27.8. The van der Waals surface area contributed by atoms with Crippen LogP contribution in [0.25, 0.3) is 0 Å². The zero-order valence-corrected chi connectivity index (χ0v) is 19.3. The zero-order valence-electron chi connectivity index (χ0n) is 19.3. The number of ether oxygens (including phenoxy) is 3. The van der Waals surface area contributed by atoms with Crippen molar-refractivity contribution in [2.24, 2.45) is 0 Å². The number of carbonyl (C=O) groups excluding carboxylic acids is 3. The van der Waals surface area contributed by atoms with Gasteiger partial charge >= 0.3 is 23.9 Å². The van der Waals surface area contributed by atoms with Crippen LogP contribution in [0.1, 0.15) is 40.5 Å². The van der Waals surface area contributed by atoms with Crippen molar-refractivity contribution >= 4 is 23.9 Å². The van der Waals surface area contributed by atoms with Gasteiger partial charge in [0.2, 0.25) is 0 Å². The SMILES string of the molecule is C=C(C)C(=O)O.C=C(C)C(=O)OC.C=CC(=O)OCCCC.C=CCOC(=O)C(=C)C. The van der Waals surface area contributed by atoms with Crippen LogP contribution in [-0.4, -0.2) is 49.3 Å². The minimum atomic E-state index is -0.935. The summed E-state index contributed by atoms with van der Waals surface area (Å²) in [5.41, 5.74) is 1.02. The minimum absolute atomic E-state index is 0.176. The third-order valence-electron chi connectivity index (χ3n) is 2.49. The number of hydrogen-bond donors (Lipinski definition) is 1. The topological polar surface area (TPSA) is 116 Å². The van der Waals surface area contributed by atoms with E-state index in [0.717, 1.165) is 12.8 Å². The predicted molar refractivity (Wildman–Crippen MR) is 121 cm³/mol. The van der Waals surface area contributed by atoms with Crippen molar-refractivity contribution in [2.75, 3.05) is 20.3 Å². The maximum absolute atomic E-state index is 10.5. The maximum atomic E-state index is 10.5. The summed E-state index contributed by atoms with van der Waals surface area (Å²) in [7, 11) is 1.33. The molecule has 0 spiro atoms. The van der Waals surface area contributed by atoms with E-state index in [2.05, 4.69) is 47.1 Å². The Morgan fingerprint density at radius 2 is 1.32 bits per heavy atom. The second kappa shape index (κ2) is 24.6. The van der Waals surface area contributed by atoms with Crippen molar-refractivity contribution in [1.29, 1.82) is 0 Å². The first-order valence-corrected chi connectivity index (χ1v) is 9.17. The van der Waals surface area contributed by atoms with E-state index in [1.165, 1.54) is 26.2 Å². The molecule has 0 aromatic carbocycles. The molecule has 0 aliphatic carbocycles. The number of carboxylic acids is 1. The van der Waals surface area contributed by atoms with Crippen molar-refractivity contribution in [2.45, 2.75) is 40.5 Å². The van der Waals surface area contributed by atoms with Crippen molar-refractivity contribution < 1.29 is 38.5 Å². The Morgan fingerprint density at radius 3 is 1.55 bits per heavy atom. The van der Waals surface area contributed by atoms with Crippen LogP contribution < -0.4 is 0 Å². The third-order valence-corrected chi connectivity index (χ3v) is 2.49. The number of esters is 3. The average molecular weight is 441 g/mol. The summed E-state index contributed by atoms with van der Waals surface area (Å²) < 4.78 is 13.5. The van der Waals surface area contributed by atoms with E-state index < -0.39 is 5.97 Å². The third kappa shape index (κ3) is 34.5. The van der Waals surface area contributed by atoms with Crippen molar-refractivity contribution in [1.82, 2.24) is 0 Å². The highest BCUT2D eigenvalue weighted by atomic mass is 16.5. The molecule has 0 radical (unpaired) electrons. The molecule has 0 unspecified atom stereocenters. The Morgan fingerprint density at radius 1 is 0.871 bits per heavy atom. The van der Waals surface area contributed by atoms with Gasteiger partial charge in [-0.1, -0.05) is 52.3 Å². The smallest absolute Gasteiger partial charge is 0.333 e. The molecule has 8 heteroatoms. The van der Waals surface area contributed by atoms with Crippen LogP contribution in [0.5, 0.6) is 0 Å². The van der Waals surface area contributed by atoms with E-state index in [-0.39, 0.29) is 30.1 Å². The quantitative estimate of drug-likeness (QED) is 0.186. The minimum Gasteiger partial charge on any atom is -0.478 e. The molecule has 1 N–H and O–H groups in total. The van der Waals surface area contributed by atoms with Crippen LogP contribution in [0.3, 0.4) is 0 Å². The molecule has 176 valence electrons. The van der Waals surface area contributed by atoms with Crippen molar-refractivity contribution in [3.63, 3.8) is 0 Å². The van der Waals surface area contributed by atoms with Crippen LogP contribution in [0.15, 0.2) is 61.8 Å². The largest absolute Gasteiger partial charge is 0.478 e. The molecular weight excluding hydrogens is 404 g/mol. The lowest BCUT2D eigenvalue weighted by Gasteiger charge is -1.97.